The van der Waals surface area contributed by atoms with E-state index < -0.39 is 0 Å². The van der Waals surface area contributed by atoms with Gasteiger partial charge in [0.15, 0.2) is 0 Å². The van der Waals surface area contributed by atoms with Crippen LogP contribution in [0.5, 0.6) is 0 Å². The maximum absolute atomic E-state index is 5.64. The zero-order valence-corrected chi connectivity index (χ0v) is 7.22. The Morgan fingerprint density at radius 3 is 2.45 bits per heavy atom. The van der Waals surface area contributed by atoms with Crippen LogP contribution in [0.1, 0.15) is 5.56 Å². The summed E-state index contributed by atoms with van der Waals surface area (Å²) in [6.45, 7) is 3.92. The highest BCUT2D eigenvalue weighted by atomic mass is 35.5. The average molecular weight is 168 g/mol. The zero-order valence-electron chi connectivity index (χ0n) is 6.46. The van der Waals surface area contributed by atoms with Crippen LogP contribution in [0.25, 0.3) is 0 Å². The quantitative estimate of drug-likeness (QED) is 0.608. The number of halogens is 1. The molecule has 0 bridgehead atoms. The molecule has 11 heavy (non-hydrogen) atoms. The second kappa shape index (κ2) is 4.40. The van der Waals surface area contributed by atoms with E-state index in [2.05, 4.69) is 19.1 Å². The molecule has 0 saturated heterocycles. The van der Waals surface area contributed by atoms with Gasteiger partial charge in [0.25, 0.3) is 0 Å². The van der Waals surface area contributed by atoms with Gasteiger partial charge in [-0.15, -0.1) is 11.6 Å². The van der Waals surface area contributed by atoms with Crippen molar-refractivity contribution < 1.29 is 0 Å². The Labute approximate surface area is 73.2 Å². The highest BCUT2D eigenvalue weighted by Gasteiger charge is 2.00. The summed E-state index contributed by atoms with van der Waals surface area (Å²) in [5.74, 6) is 0.966. The molecule has 0 nitrogen and oxygen atoms in total. The van der Waals surface area contributed by atoms with Gasteiger partial charge in [-0.25, -0.2) is 0 Å². The minimum atomic E-state index is 0.332. The summed E-state index contributed by atoms with van der Waals surface area (Å²) in [6, 6.07) is 10.3. The lowest BCUT2D eigenvalue weighted by molar-refractivity contribution is 0.727. The predicted octanol–water partition coefficient (Wildman–Crippen LogP) is 2.92. The molecule has 0 aliphatic carbocycles. The van der Waals surface area contributed by atoms with E-state index in [1.165, 1.54) is 5.56 Å². The summed E-state index contributed by atoms with van der Waals surface area (Å²) in [6.07, 6.45) is 0.977. The molecule has 0 amide bonds. The van der Waals surface area contributed by atoms with E-state index >= 15 is 0 Å². The second-order valence-corrected chi connectivity index (χ2v) is 3.02. The van der Waals surface area contributed by atoms with E-state index in [1.54, 1.807) is 0 Å². The van der Waals surface area contributed by atoms with Crippen molar-refractivity contribution in [3.05, 3.63) is 42.8 Å². The molecule has 1 rings (SSSR count). The summed E-state index contributed by atoms with van der Waals surface area (Å²) >= 11 is 5.64. The Morgan fingerprint density at radius 1 is 1.27 bits per heavy atom. The molecule has 1 unspecified atom stereocenters. The summed E-state index contributed by atoms with van der Waals surface area (Å²) in [4.78, 5) is 0. The first kappa shape index (κ1) is 8.61. The number of hydrogen-bond donors (Lipinski definition) is 0. The fourth-order valence-corrected chi connectivity index (χ4v) is 1.11. The van der Waals surface area contributed by atoms with Gasteiger partial charge in [0, 0.05) is 5.88 Å². The van der Waals surface area contributed by atoms with E-state index in [9.17, 15) is 0 Å². The fraction of sp³-hybridized carbons (Fsp3) is 0.300. The van der Waals surface area contributed by atoms with Crippen LogP contribution in [-0.4, -0.2) is 5.88 Å². The van der Waals surface area contributed by atoms with Gasteiger partial charge in [0.1, 0.15) is 0 Å². The average Bonchev–Trinajstić information content (AvgIpc) is 2.06. The lowest BCUT2D eigenvalue weighted by atomic mass is 10.0. The Hall–Kier alpha value is -0.490. The largest absolute Gasteiger partial charge is 0.126 e. The van der Waals surface area contributed by atoms with Crippen molar-refractivity contribution in [3.63, 3.8) is 0 Å². The predicted molar refractivity (Wildman–Crippen MR) is 49.7 cm³/mol. The molecule has 1 aromatic carbocycles. The smallest absolute Gasteiger partial charge is 0.0254 e. The van der Waals surface area contributed by atoms with Crippen LogP contribution in [0.4, 0.5) is 0 Å². The molecular formula is C10H12Cl. The lowest BCUT2D eigenvalue weighted by Crippen LogP contribution is -2.00. The van der Waals surface area contributed by atoms with E-state index in [4.69, 9.17) is 11.6 Å². The monoisotopic (exact) mass is 167 g/mol. The van der Waals surface area contributed by atoms with Gasteiger partial charge in [-0.3, -0.25) is 0 Å². The van der Waals surface area contributed by atoms with Gasteiger partial charge in [0.05, 0.1) is 0 Å². The van der Waals surface area contributed by atoms with E-state index in [1.807, 2.05) is 18.2 Å². The third-order valence-electron chi connectivity index (χ3n) is 1.59. The molecule has 0 spiro atoms. The first-order valence-electron chi connectivity index (χ1n) is 3.76. The first-order valence-corrected chi connectivity index (χ1v) is 4.29. The Balaban J connectivity index is 2.51. The Bertz CT molecular complexity index is 193. The van der Waals surface area contributed by atoms with E-state index in [0.29, 0.717) is 11.8 Å². The molecule has 1 atom stereocenters. The number of alkyl halides is 1. The van der Waals surface area contributed by atoms with Crippen LogP contribution in [0.2, 0.25) is 0 Å². The van der Waals surface area contributed by atoms with Crippen LogP contribution in [0, 0.1) is 12.8 Å². The highest BCUT2D eigenvalue weighted by molar-refractivity contribution is 6.18. The molecular weight excluding hydrogens is 156 g/mol. The van der Waals surface area contributed by atoms with Crippen LogP contribution in [-0.2, 0) is 6.42 Å². The number of rotatable bonds is 3. The van der Waals surface area contributed by atoms with Crippen molar-refractivity contribution in [2.24, 2.45) is 5.92 Å². The van der Waals surface area contributed by atoms with Crippen LogP contribution in [0.3, 0.4) is 0 Å². The normalized spacial score (nSPS) is 12.9. The third kappa shape index (κ3) is 2.94. The van der Waals surface area contributed by atoms with Crippen molar-refractivity contribution in [3.8, 4) is 0 Å². The van der Waals surface area contributed by atoms with Crippen LogP contribution >= 0.6 is 11.6 Å². The second-order valence-electron chi connectivity index (χ2n) is 2.71. The molecule has 0 aliphatic heterocycles. The Morgan fingerprint density at radius 2 is 1.91 bits per heavy atom. The highest BCUT2D eigenvalue weighted by Crippen LogP contribution is 2.08. The SMILES string of the molecule is [CH2]C(CCl)Cc1ccccc1. The van der Waals surface area contributed by atoms with Gasteiger partial charge >= 0.3 is 0 Å². The molecule has 0 saturated carbocycles. The van der Waals surface area contributed by atoms with Crippen molar-refractivity contribution in [1.29, 1.82) is 0 Å². The molecule has 0 heterocycles. The molecule has 1 radical (unpaired) electrons. The summed E-state index contributed by atoms with van der Waals surface area (Å²) in [5, 5.41) is 0. The molecule has 0 aliphatic rings. The summed E-state index contributed by atoms with van der Waals surface area (Å²) in [5.41, 5.74) is 1.31. The van der Waals surface area contributed by atoms with Crippen molar-refractivity contribution >= 4 is 11.6 Å². The fourth-order valence-electron chi connectivity index (χ4n) is 1.00. The minimum Gasteiger partial charge on any atom is -0.126 e. The van der Waals surface area contributed by atoms with Crippen LogP contribution < -0.4 is 0 Å². The molecule has 0 N–H and O–H groups in total. The first-order chi connectivity index (χ1) is 5.33. The molecule has 1 heteroatoms. The van der Waals surface area contributed by atoms with Crippen molar-refractivity contribution in [1.82, 2.24) is 0 Å². The number of benzene rings is 1. The topological polar surface area (TPSA) is 0 Å². The van der Waals surface area contributed by atoms with E-state index in [0.717, 1.165) is 6.42 Å². The maximum Gasteiger partial charge on any atom is 0.0254 e. The lowest BCUT2D eigenvalue weighted by Gasteiger charge is -2.05. The third-order valence-corrected chi connectivity index (χ3v) is 2.02. The van der Waals surface area contributed by atoms with Crippen molar-refractivity contribution in [2.45, 2.75) is 6.42 Å². The zero-order chi connectivity index (χ0) is 8.10. The van der Waals surface area contributed by atoms with Gasteiger partial charge < -0.3 is 0 Å². The van der Waals surface area contributed by atoms with Gasteiger partial charge in [-0.1, -0.05) is 30.3 Å². The standard InChI is InChI=1S/C10H12Cl/c1-9(8-11)7-10-5-3-2-4-6-10/h2-6,9H,1,7-8H2. The molecule has 0 aromatic heterocycles. The summed E-state index contributed by atoms with van der Waals surface area (Å²) in [7, 11) is 0. The van der Waals surface area contributed by atoms with Gasteiger partial charge in [-0.2, -0.15) is 0 Å². The van der Waals surface area contributed by atoms with Crippen molar-refractivity contribution in [2.75, 3.05) is 5.88 Å². The van der Waals surface area contributed by atoms with E-state index in [-0.39, 0.29) is 0 Å². The Kier molecular flexibility index (Phi) is 3.44. The minimum absolute atomic E-state index is 0.332. The number of hydrogen-bond acceptors (Lipinski definition) is 0. The van der Waals surface area contributed by atoms with Crippen LogP contribution in [0.15, 0.2) is 30.3 Å². The maximum atomic E-state index is 5.64. The molecule has 1 aromatic rings. The summed E-state index contributed by atoms with van der Waals surface area (Å²) < 4.78 is 0. The molecule has 0 fully saturated rings. The van der Waals surface area contributed by atoms with Gasteiger partial charge in [-0.05, 0) is 24.8 Å². The van der Waals surface area contributed by atoms with Gasteiger partial charge in [0.2, 0.25) is 0 Å². The molecule has 59 valence electrons.